The molecule has 0 atom stereocenters. The van der Waals surface area contributed by atoms with Crippen LogP contribution in [0.25, 0.3) is 0 Å². The van der Waals surface area contributed by atoms with E-state index < -0.39 is 16.2 Å². The molecular weight excluding hydrogens is 239 g/mol. The Hall–Kier alpha value is -0.753. The fraction of sp³-hybridized carbons (Fsp3) is 0.500. The molecule has 1 rings (SSSR count). The summed E-state index contributed by atoms with van der Waals surface area (Å²) >= 11 is 0. The maximum Gasteiger partial charge on any atom is 0.256 e. The van der Waals surface area contributed by atoms with Crippen LogP contribution in [-0.2, 0) is 10.8 Å². The molecule has 0 heterocycles. The van der Waals surface area contributed by atoms with Crippen molar-refractivity contribution in [2.45, 2.75) is 38.2 Å². The summed E-state index contributed by atoms with van der Waals surface area (Å²) in [5, 5.41) is 16.9. The lowest BCUT2D eigenvalue weighted by atomic mass is 10.1. The van der Waals surface area contributed by atoms with Crippen LogP contribution >= 0.6 is 0 Å². The number of unbranched alkanes of at least 4 members (excludes halogenated alkanes) is 2. The van der Waals surface area contributed by atoms with E-state index in [0.717, 1.165) is 37.3 Å². The molecule has 0 unspecified atom stereocenters. The van der Waals surface area contributed by atoms with Crippen molar-refractivity contribution in [2.75, 3.05) is 0 Å². The second-order valence-electron chi connectivity index (χ2n) is 3.99. The standard InChI is InChI=1S/C12H19FO3Si/c13-11-7-5-10(6-8-11)4-2-1-3-9-17-16-12(14)15/h5-8,12,14-15H,1-4,9,17H2. The minimum Gasteiger partial charge on any atom is -0.379 e. The third-order valence-corrected chi connectivity index (χ3v) is 3.86. The Labute approximate surface area is 103 Å². The Bertz CT molecular complexity index is 303. The van der Waals surface area contributed by atoms with Gasteiger partial charge >= 0.3 is 0 Å². The molecule has 0 aromatic heterocycles. The predicted molar refractivity (Wildman–Crippen MR) is 66.6 cm³/mol. The first-order valence-corrected chi connectivity index (χ1v) is 7.48. The number of rotatable bonds is 8. The molecule has 0 spiro atoms. The van der Waals surface area contributed by atoms with Gasteiger partial charge in [0.25, 0.3) is 6.48 Å². The van der Waals surface area contributed by atoms with E-state index in [1.165, 1.54) is 12.1 Å². The van der Waals surface area contributed by atoms with Gasteiger partial charge in [-0.2, -0.15) is 0 Å². The lowest BCUT2D eigenvalue weighted by molar-refractivity contribution is -0.180. The number of halogens is 1. The molecule has 0 saturated carbocycles. The van der Waals surface area contributed by atoms with Crippen LogP contribution in [-0.4, -0.2) is 26.5 Å². The molecule has 1 aromatic rings. The first-order chi connectivity index (χ1) is 8.18. The van der Waals surface area contributed by atoms with Gasteiger partial charge < -0.3 is 14.6 Å². The maximum atomic E-state index is 12.6. The van der Waals surface area contributed by atoms with Gasteiger partial charge in [0.1, 0.15) is 5.82 Å². The SMILES string of the molecule is OC(O)O[SiH2]CCCCCc1ccc(F)cc1. The quantitative estimate of drug-likeness (QED) is 0.420. The Balaban J connectivity index is 1.99. The Kier molecular flexibility index (Phi) is 7.03. The zero-order chi connectivity index (χ0) is 12.5. The lowest BCUT2D eigenvalue weighted by Crippen LogP contribution is -2.12. The van der Waals surface area contributed by atoms with Gasteiger partial charge in [-0.25, -0.2) is 4.39 Å². The Morgan fingerprint density at radius 3 is 2.47 bits per heavy atom. The van der Waals surface area contributed by atoms with Gasteiger partial charge in [-0.3, -0.25) is 0 Å². The minimum atomic E-state index is -1.60. The predicted octanol–water partition coefficient (Wildman–Crippen LogP) is 1.33. The molecule has 5 heteroatoms. The summed E-state index contributed by atoms with van der Waals surface area (Å²) < 4.78 is 17.4. The molecule has 0 amide bonds. The number of hydrogen-bond acceptors (Lipinski definition) is 3. The van der Waals surface area contributed by atoms with Gasteiger partial charge in [0.05, 0.1) is 0 Å². The van der Waals surface area contributed by atoms with E-state index in [9.17, 15) is 4.39 Å². The Morgan fingerprint density at radius 1 is 1.12 bits per heavy atom. The summed E-state index contributed by atoms with van der Waals surface area (Å²) in [6, 6.07) is 7.56. The van der Waals surface area contributed by atoms with Crippen LogP contribution in [0, 0.1) is 5.82 Å². The van der Waals surface area contributed by atoms with Crippen LogP contribution in [0.1, 0.15) is 24.8 Å². The largest absolute Gasteiger partial charge is 0.379 e. The van der Waals surface area contributed by atoms with Crippen molar-refractivity contribution < 1.29 is 19.0 Å². The number of aryl methyl sites for hydroxylation is 1. The zero-order valence-corrected chi connectivity index (χ0v) is 11.2. The second kappa shape index (κ2) is 8.35. The van der Waals surface area contributed by atoms with Crippen molar-refractivity contribution in [3.8, 4) is 0 Å². The molecule has 0 aliphatic carbocycles. The summed E-state index contributed by atoms with van der Waals surface area (Å²) in [6.45, 7) is -1.60. The van der Waals surface area contributed by atoms with Gasteiger partial charge in [-0.1, -0.05) is 25.0 Å². The van der Waals surface area contributed by atoms with Gasteiger partial charge in [0.2, 0.25) is 0 Å². The van der Waals surface area contributed by atoms with E-state index in [0.29, 0.717) is 0 Å². The van der Waals surface area contributed by atoms with E-state index in [1.54, 1.807) is 0 Å². The number of benzene rings is 1. The highest BCUT2D eigenvalue weighted by atomic mass is 28.2. The van der Waals surface area contributed by atoms with Crippen LogP contribution in [0.3, 0.4) is 0 Å². The summed E-state index contributed by atoms with van der Waals surface area (Å²) in [5.41, 5.74) is 1.16. The molecule has 96 valence electrons. The fourth-order valence-electron chi connectivity index (χ4n) is 1.62. The zero-order valence-electron chi connectivity index (χ0n) is 9.81. The molecule has 0 bridgehead atoms. The summed E-state index contributed by atoms with van der Waals surface area (Å²) in [5.74, 6) is -0.195. The summed E-state index contributed by atoms with van der Waals surface area (Å²) in [7, 11) is -0.782. The van der Waals surface area contributed by atoms with Crippen molar-refractivity contribution in [1.82, 2.24) is 0 Å². The van der Waals surface area contributed by atoms with Crippen molar-refractivity contribution in [2.24, 2.45) is 0 Å². The van der Waals surface area contributed by atoms with E-state index in [4.69, 9.17) is 14.6 Å². The molecule has 0 aliphatic rings. The topological polar surface area (TPSA) is 49.7 Å². The van der Waals surface area contributed by atoms with E-state index in [2.05, 4.69) is 0 Å². The second-order valence-corrected chi connectivity index (χ2v) is 5.44. The van der Waals surface area contributed by atoms with Gasteiger partial charge in [0, 0.05) is 0 Å². The smallest absolute Gasteiger partial charge is 0.256 e. The molecule has 0 aliphatic heterocycles. The lowest BCUT2D eigenvalue weighted by Gasteiger charge is -2.05. The van der Waals surface area contributed by atoms with Crippen LogP contribution in [0.5, 0.6) is 0 Å². The van der Waals surface area contributed by atoms with Crippen molar-refractivity contribution in [1.29, 1.82) is 0 Å². The molecule has 1 aromatic carbocycles. The van der Waals surface area contributed by atoms with Crippen molar-refractivity contribution >= 4 is 9.76 Å². The highest BCUT2D eigenvalue weighted by Gasteiger charge is 1.98. The first-order valence-electron chi connectivity index (χ1n) is 5.90. The van der Waals surface area contributed by atoms with Crippen molar-refractivity contribution in [3.05, 3.63) is 35.6 Å². The highest BCUT2D eigenvalue weighted by Crippen LogP contribution is 2.09. The Morgan fingerprint density at radius 2 is 1.82 bits per heavy atom. The maximum absolute atomic E-state index is 12.6. The summed E-state index contributed by atoms with van der Waals surface area (Å²) in [4.78, 5) is 0. The molecular formula is C12H19FO3Si. The van der Waals surface area contributed by atoms with E-state index in [-0.39, 0.29) is 5.82 Å². The average molecular weight is 258 g/mol. The van der Waals surface area contributed by atoms with Crippen LogP contribution < -0.4 is 0 Å². The first kappa shape index (κ1) is 14.3. The summed E-state index contributed by atoms with van der Waals surface area (Å²) in [6.07, 6.45) is 4.18. The molecule has 0 saturated heterocycles. The highest BCUT2D eigenvalue weighted by molar-refractivity contribution is 6.26. The molecule has 0 radical (unpaired) electrons. The normalized spacial score (nSPS) is 11.8. The fourth-order valence-corrected chi connectivity index (χ4v) is 2.56. The van der Waals surface area contributed by atoms with Gasteiger partial charge in [-0.05, 0) is 36.6 Å². The third kappa shape index (κ3) is 7.22. The molecule has 3 nitrogen and oxygen atoms in total. The monoisotopic (exact) mass is 258 g/mol. The number of aliphatic hydroxyl groups excluding tert-OH is 1. The molecule has 0 fully saturated rings. The molecule has 2 N–H and O–H groups in total. The van der Waals surface area contributed by atoms with Crippen LogP contribution in [0.15, 0.2) is 24.3 Å². The van der Waals surface area contributed by atoms with Crippen LogP contribution in [0.2, 0.25) is 6.04 Å². The van der Waals surface area contributed by atoms with Gasteiger partial charge in [-0.15, -0.1) is 0 Å². The average Bonchev–Trinajstić information content (AvgIpc) is 2.30. The van der Waals surface area contributed by atoms with Crippen molar-refractivity contribution in [3.63, 3.8) is 0 Å². The number of aliphatic hydroxyl groups is 2. The number of hydrogen-bond donors (Lipinski definition) is 2. The van der Waals surface area contributed by atoms with Gasteiger partial charge in [0.15, 0.2) is 9.76 Å². The van der Waals surface area contributed by atoms with E-state index >= 15 is 0 Å². The minimum absolute atomic E-state index is 0.195. The van der Waals surface area contributed by atoms with E-state index in [1.807, 2.05) is 12.1 Å². The third-order valence-electron chi connectivity index (χ3n) is 2.54. The van der Waals surface area contributed by atoms with Crippen LogP contribution in [0.4, 0.5) is 4.39 Å². The molecule has 17 heavy (non-hydrogen) atoms.